The molecule has 0 fully saturated rings. The van der Waals surface area contributed by atoms with Gasteiger partial charge in [-0.25, -0.2) is 0 Å². The predicted molar refractivity (Wildman–Crippen MR) is 120 cm³/mol. The van der Waals surface area contributed by atoms with Crippen molar-refractivity contribution in [2.75, 3.05) is 7.11 Å². The van der Waals surface area contributed by atoms with Crippen LogP contribution in [0.3, 0.4) is 0 Å². The van der Waals surface area contributed by atoms with Crippen molar-refractivity contribution in [1.29, 1.82) is 0 Å². The summed E-state index contributed by atoms with van der Waals surface area (Å²) in [5, 5.41) is 4.17. The summed E-state index contributed by atoms with van der Waals surface area (Å²) in [6, 6.07) is 22.2. The molecule has 0 aliphatic heterocycles. The van der Waals surface area contributed by atoms with Crippen molar-refractivity contribution in [3.8, 4) is 34.0 Å². The van der Waals surface area contributed by atoms with Gasteiger partial charge in [0.2, 0.25) is 5.82 Å². The smallest absolute Gasteiger partial charge is 0.258 e. The van der Waals surface area contributed by atoms with E-state index in [1.807, 2.05) is 49.4 Å². The highest BCUT2D eigenvalue weighted by atomic mass is 16.5. The number of methoxy groups -OCH3 is 1. The van der Waals surface area contributed by atoms with E-state index in [9.17, 15) is 0 Å². The third-order valence-electron chi connectivity index (χ3n) is 4.90. The van der Waals surface area contributed by atoms with E-state index in [1.165, 1.54) is 11.1 Å². The Labute approximate surface area is 176 Å². The molecule has 0 N–H and O–H groups in total. The van der Waals surface area contributed by atoms with E-state index in [1.54, 1.807) is 13.3 Å². The normalized spacial score (nSPS) is 11.3. The molecular formula is C25H23N3O2. The molecule has 0 unspecified atom stereocenters. The number of hydrogen-bond donors (Lipinski definition) is 0. The van der Waals surface area contributed by atoms with Gasteiger partial charge in [-0.1, -0.05) is 47.6 Å². The highest BCUT2D eigenvalue weighted by Crippen LogP contribution is 2.32. The SMILES string of the molecule is C/C=N\c1cccc(-c2noc(-c3ccc(-c4ccccc4C)c(COC)c3)n2)c1. The van der Waals surface area contributed by atoms with Crippen LogP contribution in [0.5, 0.6) is 0 Å². The van der Waals surface area contributed by atoms with Crippen LogP contribution < -0.4 is 0 Å². The van der Waals surface area contributed by atoms with Gasteiger partial charge in [0.05, 0.1) is 12.3 Å². The number of hydrogen-bond acceptors (Lipinski definition) is 5. The Morgan fingerprint density at radius 3 is 2.63 bits per heavy atom. The summed E-state index contributed by atoms with van der Waals surface area (Å²) in [5.74, 6) is 1.01. The molecule has 0 radical (unpaired) electrons. The fourth-order valence-electron chi connectivity index (χ4n) is 3.47. The monoisotopic (exact) mass is 397 g/mol. The second-order valence-electron chi connectivity index (χ2n) is 6.98. The zero-order valence-electron chi connectivity index (χ0n) is 17.3. The second kappa shape index (κ2) is 8.84. The Morgan fingerprint density at radius 1 is 0.967 bits per heavy atom. The van der Waals surface area contributed by atoms with Crippen LogP contribution in [0.2, 0.25) is 0 Å². The molecule has 0 aliphatic rings. The average Bonchev–Trinajstić information content (AvgIpc) is 3.25. The van der Waals surface area contributed by atoms with Crippen molar-refractivity contribution in [2.24, 2.45) is 4.99 Å². The molecule has 5 heteroatoms. The molecular weight excluding hydrogens is 374 g/mol. The van der Waals surface area contributed by atoms with Gasteiger partial charge in [-0.15, -0.1) is 0 Å². The first kappa shape index (κ1) is 19.7. The molecule has 0 saturated heterocycles. The predicted octanol–water partition coefficient (Wildman–Crippen LogP) is 6.25. The first-order chi connectivity index (χ1) is 14.7. The first-order valence-electron chi connectivity index (χ1n) is 9.80. The lowest BCUT2D eigenvalue weighted by atomic mass is 9.94. The van der Waals surface area contributed by atoms with Gasteiger partial charge in [0.15, 0.2) is 0 Å². The number of nitrogens with zero attached hydrogens (tertiary/aromatic N) is 3. The second-order valence-corrected chi connectivity index (χ2v) is 6.98. The average molecular weight is 397 g/mol. The molecule has 4 rings (SSSR count). The molecule has 0 spiro atoms. The molecule has 0 atom stereocenters. The molecule has 0 amide bonds. The molecule has 3 aromatic carbocycles. The lowest BCUT2D eigenvalue weighted by molar-refractivity contribution is 0.185. The number of ether oxygens (including phenoxy) is 1. The fraction of sp³-hybridized carbons (Fsp3) is 0.160. The summed E-state index contributed by atoms with van der Waals surface area (Å²) in [4.78, 5) is 8.91. The number of rotatable bonds is 6. The van der Waals surface area contributed by atoms with Gasteiger partial charge in [0.25, 0.3) is 5.89 Å². The van der Waals surface area contributed by atoms with Crippen LogP contribution in [0.1, 0.15) is 18.1 Å². The van der Waals surface area contributed by atoms with Crippen molar-refractivity contribution in [3.05, 3.63) is 77.9 Å². The van der Waals surface area contributed by atoms with E-state index in [-0.39, 0.29) is 0 Å². The van der Waals surface area contributed by atoms with E-state index < -0.39 is 0 Å². The molecule has 1 heterocycles. The van der Waals surface area contributed by atoms with Crippen LogP contribution >= 0.6 is 0 Å². The Hall–Kier alpha value is -3.57. The Balaban J connectivity index is 1.71. The van der Waals surface area contributed by atoms with Gasteiger partial charge < -0.3 is 9.26 Å². The molecule has 5 nitrogen and oxygen atoms in total. The Morgan fingerprint density at radius 2 is 1.83 bits per heavy atom. The van der Waals surface area contributed by atoms with Crippen molar-refractivity contribution >= 4 is 11.9 Å². The summed E-state index contributed by atoms with van der Waals surface area (Å²) in [6.07, 6.45) is 1.76. The van der Waals surface area contributed by atoms with E-state index in [0.717, 1.165) is 27.9 Å². The number of aliphatic imine (C=N–C) groups is 1. The van der Waals surface area contributed by atoms with E-state index >= 15 is 0 Å². The van der Waals surface area contributed by atoms with E-state index in [2.05, 4.69) is 46.3 Å². The quantitative estimate of drug-likeness (QED) is 0.361. The minimum atomic E-state index is 0.475. The third kappa shape index (κ3) is 4.07. The maximum absolute atomic E-state index is 5.57. The van der Waals surface area contributed by atoms with Gasteiger partial charge in [-0.3, -0.25) is 4.99 Å². The highest BCUT2D eigenvalue weighted by Gasteiger charge is 2.14. The number of benzene rings is 3. The molecule has 0 bridgehead atoms. The summed E-state index contributed by atoms with van der Waals surface area (Å²) in [6.45, 7) is 4.49. The summed E-state index contributed by atoms with van der Waals surface area (Å²) < 4.78 is 11.0. The fourth-order valence-corrected chi connectivity index (χ4v) is 3.47. The first-order valence-corrected chi connectivity index (χ1v) is 9.80. The van der Waals surface area contributed by atoms with Gasteiger partial charge in [-0.2, -0.15) is 4.98 Å². The van der Waals surface area contributed by atoms with Crippen LogP contribution in [0, 0.1) is 6.92 Å². The van der Waals surface area contributed by atoms with Crippen molar-refractivity contribution in [2.45, 2.75) is 20.5 Å². The highest BCUT2D eigenvalue weighted by molar-refractivity contribution is 5.74. The van der Waals surface area contributed by atoms with Crippen LogP contribution in [0.4, 0.5) is 5.69 Å². The standard InChI is InChI=1S/C25H23N3O2/c1-4-26-21-10-7-9-18(15-21)24-27-25(30-28-24)19-12-13-23(20(14-19)16-29-3)22-11-6-5-8-17(22)2/h4-15H,16H2,1-3H3/b26-4-. The minimum absolute atomic E-state index is 0.475. The molecule has 30 heavy (non-hydrogen) atoms. The lowest BCUT2D eigenvalue weighted by Crippen LogP contribution is -1.95. The van der Waals surface area contributed by atoms with Crippen LogP contribution in [0.15, 0.2) is 76.2 Å². The Kier molecular flexibility index (Phi) is 5.82. The van der Waals surface area contributed by atoms with Gasteiger partial charge >= 0.3 is 0 Å². The number of aromatic nitrogens is 2. The van der Waals surface area contributed by atoms with Gasteiger partial charge in [0, 0.05) is 24.5 Å². The maximum Gasteiger partial charge on any atom is 0.258 e. The molecule has 150 valence electrons. The maximum atomic E-state index is 5.57. The van der Waals surface area contributed by atoms with Crippen molar-refractivity contribution in [1.82, 2.24) is 10.1 Å². The van der Waals surface area contributed by atoms with Crippen LogP contribution in [-0.4, -0.2) is 23.5 Å². The van der Waals surface area contributed by atoms with Crippen molar-refractivity contribution < 1.29 is 9.26 Å². The lowest BCUT2D eigenvalue weighted by Gasteiger charge is -2.12. The van der Waals surface area contributed by atoms with Gasteiger partial charge in [0.1, 0.15) is 0 Å². The summed E-state index contributed by atoms with van der Waals surface area (Å²) in [7, 11) is 1.70. The largest absolute Gasteiger partial charge is 0.380 e. The zero-order valence-corrected chi connectivity index (χ0v) is 17.3. The molecule has 1 aromatic heterocycles. The van der Waals surface area contributed by atoms with Crippen LogP contribution in [-0.2, 0) is 11.3 Å². The zero-order chi connectivity index (χ0) is 20.9. The van der Waals surface area contributed by atoms with E-state index in [0.29, 0.717) is 18.3 Å². The Bertz CT molecular complexity index is 1190. The topological polar surface area (TPSA) is 60.5 Å². The number of aryl methyl sites for hydroxylation is 1. The molecule has 0 saturated carbocycles. The van der Waals surface area contributed by atoms with Crippen LogP contribution in [0.25, 0.3) is 34.0 Å². The van der Waals surface area contributed by atoms with E-state index in [4.69, 9.17) is 9.26 Å². The molecule has 0 aliphatic carbocycles. The summed E-state index contributed by atoms with van der Waals surface area (Å²) in [5.41, 5.74) is 7.20. The third-order valence-corrected chi connectivity index (χ3v) is 4.90. The molecule has 4 aromatic rings. The van der Waals surface area contributed by atoms with Crippen molar-refractivity contribution in [3.63, 3.8) is 0 Å². The minimum Gasteiger partial charge on any atom is -0.380 e. The summed E-state index contributed by atoms with van der Waals surface area (Å²) >= 11 is 0. The van der Waals surface area contributed by atoms with Gasteiger partial charge in [-0.05, 0) is 60.4 Å².